The Bertz CT molecular complexity index is 595. The van der Waals surface area contributed by atoms with E-state index in [1.54, 1.807) is 0 Å². The van der Waals surface area contributed by atoms with Gasteiger partial charge in [0, 0.05) is 21.0 Å². The minimum atomic E-state index is -4.47. The van der Waals surface area contributed by atoms with Gasteiger partial charge in [-0.3, -0.25) is 10.1 Å². The van der Waals surface area contributed by atoms with Gasteiger partial charge in [0.1, 0.15) is 0 Å². The fourth-order valence-corrected chi connectivity index (χ4v) is 2.78. The first-order valence-corrected chi connectivity index (χ1v) is 6.66. The molecule has 0 aliphatic rings. The summed E-state index contributed by atoms with van der Waals surface area (Å²) < 4.78 is 20.9. The fraction of sp³-hybridized carbons (Fsp3) is 0.125. The second-order valence-electron chi connectivity index (χ2n) is 2.89. The molecule has 0 fully saturated rings. The van der Waals surface area contributed by atoms with Gasteiger partial charge in [-0.05, 0) is 24.3 Å². The molecule has 0 heterocycles. The van der Waals surface area contributed by atoms with Crippen LogP contribution in [-0.2, 0) is 9.84 Å². The molecule has 0 aliphatic heterocycles. The molecule has 1 aromatic rings. The zero-order valence-electron chi connectivity index (χ0n) is 8.00. The molecule has 9 heteroatoms. The second kappa shape index (κ2) is 4.60. The first kappa shape index (κ1) is 13.9. The van der Waals surface area contributed by atoms with Crippen molar-refractivity contribution in [2.24, 2.45) is 0 Å². The molecule has 1 aromatic carbocycles. The van der Waals surface area contributed by atoms with Crippen LogP contribution in [0.15, 0.2) is 29.2 Å². The smallest absolute Gasteiger partial charge is 0.261 e. The molecule has 0 amide bonds. The first-order valence-electron chi connectivity index (χ1n) is 4.00. The molecule has 0 saturated carbocycles. The number of nitriles is 1. The van der Waals surface area contributed by atoms with E-state index in [0.29, 0.717) is 0 Å². The Morgan fingerprint density at radius 3 is 2.24 bits per heavy atom. The van der Waals surface area contributed by atoms with E-state index in [1.807, 2.05) is 0 Å². The van der Waals surface area contributed by atoms with Crippen molar-refractivity contribution in [3.05, 3.63) is 39.4 Å². The Balaban J connectivity index is 3.44. The summed E-state index contributed by atoms with van der Waals surface area (Å²) in [6, 6.07) is 5.84. The average Bonchev–Trinajstić information content (AvgIpc) is 2.28. The van der Waals surface area contributed by atoms with Crippen LogP contribution in [0.1, 0.15) is 0 Å². The predicted octanol–water partition coefficient (Wildman–Crippen LogP) is 1.96. The molecule has 17 heavy (non-hydrogen) atoms. The van der Waals surface area contributed by atoms with Crippen molar-refractivity contribution in [2.75, 3.05) is 0 Å². The monoisotopic (exact) mass is 338 g/mol. The molecule has 0 aromatic heterocycles. The van der Waals surface area contributed by atoms with Gasteiger partial charge in [0.15, 0.2) is 6.07 Å². The Hall–Kier alpha value is -1.17. The molecule has 0 radical (unpaired) electrons. The second-order valence-corrected chi connectivity index (χ2v) is 7.07. The molecule has 1 rings (SSSR count). The highest BCUT2D eigenvalue weighted by Gasteiger charge is 2.55. The molecular weight excluding hydrogens is 336 g/mol. The fourth-order valence-electron chi connectivity index (χ4n) is 0.969. The van der Waals surface area contributed by atoms with Crippen LogP contribution in [0.25, 0.3) is 0 Å². The quantitative estimate of drug-likeness (QED) is 0.362. The summed E-state index contributed by atoms with van der Waals surface area (Å²) in [4.78, 5) is 9.09. The lowest BCUT2D eigenvalue weighted by Gasteiger charge is -2.11. The van der Waals surface area contributed by atoms with Crippen molar-refractivity contribution < 1.29 is 13.3 Å². The predicted molar refractivity (Wildman–Crippen MR) is 62.9 cm³/mol. The van der Waals surface area contributed by atoms with Crippen LogP contribution in [0.2, 0.25) is 5.02 Å². The average molecular weight is 340 g/mol. The van der Waals surface area contributed by atoms with E-state index in [9.17, 15) is 18.5 Å². The third kappa shape index (κ3) is 2.26. The van der Waals surface area contributed by atoms with Gasteiger partial charge in [0.05, 0.1) is 9.82 Å². The van der Waals surface area contributed by atoms with Crippen LogP contribution in [0.4, 0.5) is 0 Å². The van der Waals surface area contributed by atoms with Crippen molar-refractivity contribution in [2.45, 2.75) is 8.68 Å². The molecule has 90 valence electrons. The van der Waals surface area contributed by atoms with Gasteiger partial charge in [-0.2, -0.15) is 5.26 Å². The summed E-state index contributed by atoms with van der Waals surface area (Å²) >= 11 is 7.91. The zero-order valence-corrected chi connectivity index (χ0v) is 11.2. The topological polar surface area (TPSA) is 101 Å². The molecule has 0 saturated heterocycles. The van der Waals surface area contributed by atoms with Crippen molar-refractivity contribution in [3.8, 4) is 6.07 Å². The maximum absolute atomic E-state index is 11.9. The third-order valence-electron chi connectivity index (χ3n) is 1.85. The van der Waals surface area contributed by atoms with Crippen molar-refractivity contribution in [1.29, 1.82) is 5.26 Å². The minimum Gasteiger partial charge on any atom is -0.261 e. The molecule has 1 unspecified atom stereocenters. The molecular formula is C8H4BrClN2O4S. The number of alkyl halides is 1. The van der Waals surface area contributed by atoms with Gasteiger partial charge in [-0.1, -0.05) is 11.6 Å². The lowest BCUT2D eigenvalue weighted by Crippen LogP contribution is -2.38. The number of sulfone groups is 1. The highest BCUT2D eigenvalue weighted by Crippen LogP contribution is 2.32. The molecule has 0 bridgehead atoms. The van der Waals surface area contributed by atoms with Gasteiger partial charge >= 0.3 is 3.78 Å². The van der Waals surface area contributed by atoms with E-state index >= 15 is 0 Å². The summed E-state index contributed by atoms with van der Waals surface area (Å²) in [5.74, 6) is 0. The highest BCUT2D eigenvalue weighted by atomic mass is 79.9. The van der Waals surface area contributed by atoms with Crippen molar-refractivity contribution >= 4 is 37.4 Å². The van der Waals surface area contributed by atoms with E-state index in [4.69, 9.17) is 16.9 Å². The van der Waals surface area contributed by atoms with Crippen LogP contribution in [0.5, 0.6) is 0 Å². The largest absolute Gasteiger partial charge is 0.459 e. The number of benzene rings is 1. The summed E-state index contributed by atoms with van der Waals surface area (Å²) in [5.41, 5.74) is 0. The summed E-state index contributed by atoms with van der Waals surface area (Å²) in [6.45, 7) is 0. The van der Waals surface area contributed by atoms with Gasteiger partial charge in [0.25, 0.3) is 9.84 Å². The number of rotatable bonds is 3. The van der Waals surface area contributed by atoms with Crippen LogP contribution >= 0.6 is 27.5 Å². The molecule has 1 atom stereocenters. The van der Waals surface area contributed by atoms with E-state index in [2.05, 4.69) is 15.9 Å². The zero-order chi connectivity index (χ0) is 13.3. The lowest BCUT2D eigenvalue weighted by molar-refractivity contribution is -0.493. The number of halogens is 2. The summed E-state index contributed by atoms with van der Waals surface area (Å²) in [7, 11) is -4.47. The van der Waals surface area contributed by atoms with Gasteiger partial charge < -0.3 is 0 Å². The normalized spacial score (nSPS) is 14.6. The van der Waals surface area contributed by atoms with E-state index in [0.717, 1.165) is 18.2 Å². The van der Waals surface area contributed by atoms with E-state index in [-0.39, 0.29) is 9.92 Å². The molecule has 0 N–H and O–H groups in total. The molecule has 0 aliphatic carbocycles. The summed E-state index contributed by atoms with van der Waals surface area (Å²) in [5, 5.41) is 19.6. The summed E-state index contributed by atoms with van der Waals surface area (Å²) in [6.07, 6.45) is 0. The maximum atomic E-state index is 11.9. The van der Waals surface area contributed by atoms with E-state index < -0.39 is 18.5 Å². The van der Waals surface area contributed by atoms with Crippen molar-refractivity contribution in [1.82, 2.24) is 0 Å². The van der Waals surface area contributed by atoms with Crippen LogP contribution in [-0.4, -0.2) is 17.1 Å². The number of nitro groups is 1. The Morgan fingerprint density at radius 1 is 1.41 bits per heavy atom. The van der Waals surface area contributed by atoms with Crippen LogP contribution < -0.4 is 0 Å². The number of nitrogens with zero attached hydrogens (tertiary/aromatic N) is 2. The van der Waals surface area contributed by atoms with Gasteiger partial charge in [0.2, 0.25) is 0 Å². The SMILES string of the molecule is N#CC(Br)([N+](=O)[O-])S(=O)(=O)c1ccc(Cl)cc1. The Labute approximate surface area is 110 Å². The number of hydrogen-bond acceptors (Lipinski definition) is 5. The highest BCUT2D eigenvalue weighted by molar-refractivity contribution is 9.11. The Morgan fingerprint density at radius 2 is 1.88 bits per heavy atom. The minimum absolute atomic E-state index is 0.280. The van der Waals surface area contributed by atoms with Gasteiger partial charge in [-0.25, -0.2) is 8.42 Å². The molecule has 0 spiro atoms. The molecule has 6 nitrogen and oxygen atoms in total. The number of hydrogen-bond donors (Lipinski definition) is 0. The third-order valence-corrected chi connectivity index (χ3v) is 5.70. The lowest BCUT2D eigenvalue weighted by atomic mass is 10.4. The maximum Gasteiger partial charge on any atom is 0.459 e. The van der Waals surface area contributed by atoms with Gasteiger partial charge in [-0.15, -0.1) is 0 Å². The standard InChI is InChI=1S/C8H4BrClN2O4S/c9-8(5-11,12(13)14)17(15,16)7-3-1-6(10)2-4-7/h1-4H. The Kier molecular flexibility index (Phi) is 3.76. The first-order chi connectivity index (χ1) is 7.75. The van der Waals surface area contributed by atoms with E-state index in [1.165, 1.54) is 12.1 Å². The van der Waals surface area contributed by atoms with Crippen LogP contribution in [0.3, 0.4) is 0 Å². The van der Waals surface area contributed by atoms with Crippen molar-refractivity contribution in [3.63, 3.8) is 0 Å². The van der Waals surface area contributed by atoms with Crippen LogP contribution in [0, 0.1) is 21.4 Å².